The highest BCUT2D eigenvalue weighted by atomic mass is 16.6. The minimum absolute atomic E-state index is 0.341. The van der Waals surface area contributed by atoms with Gasteiger partial charge in [-0.2, -0.15) is 0 Å². The maximum atomic E-state index is 12.0. The summed E-state index contributed by atoms with van der Waals surface area (Å²) in [5, 5.41) is 0. The Balaban J connectivity index is 3.58. The Bertz CT molecular complexity index is 350. The smallest absolute Gasteiger partial charge is 0.322 e. The average molecular weight is 357 g/mol. The standard InChI is InChI=1S/C21H40O4/c1-5-7-8-9-10-11-12-13-14-15-16-18-25-20(23)21(3,4)19(22)24-17-6-2/h5-18H2,1-4H3. The molecule has 0 heterocycles. The summed E-state index contributed by atoms with van der Waals surface area (Å²) in [6.45, 7) is 8.03. The van der Waals surface area contributed by atoms with Crippen molar-refractivity contribution in [2.75, 3.05) is 13.2 Å². The number of hydrogen-bond acceptors (Lipinski definition) is 4. The lowest BCUT2D eigenvalue weighted by Gasteiger charge is -2.20. The zero-order valence-corrected chi connectivity index (χ0v) is 17.0. The zero-order chi connectivity index (χ0) is 19.0. The molecule has 0 saturated heterocycles. The van der Waals surface area contributed by atoms with Crippen molar-refractivity contribution >= 4 is 11.9 Å². The minimum Gasteiger partial charge on any atom is -0.465 e. The van der Waals surface area contributed by atoms with Gasteiger partial charge in [-0.05, 0) is 26.7 Å². The van der Waals surface area contributed by atoms with Crippen molar-refractivity contribution in [2.45, 2.75) is 105 Å². The summed E-state index contributed by atoms with van der Waals surface area (Å²) in [7, 11) is 0. The monoisotopic (exact) mass is 356 g/mol. The normalized spacial score (nSPS) is 11.4. The van der Waals surface area contributed by atoms with Crippen molar-refractivity contribution in [1.29, 1.82) is 0 Å². The first-order valence-corrected chi connectivity index (χ1v) is 10.3. The zero-order valence-electron chi connectivity index (χ0n) is 17.0. The van der Waals surface area contributed by atoms with Crippen LogP contribution in [0.5, 0.6) is 0 Å². The number of carbonyl (C=O) groups is 2. The molecule has 0 spiro atoms. The largest absolute Gasteiger partial charge is 0.465 e. The molecule has 0 aliphatic carbocycles. The molecule has 0 atom stereocenters. The summed E-state index contributed by atoms with van der Waals surface area (Å²) in [6, 6.07) is 0. The number of unbranched alkanes of at least 4 members (excludes halogenated alkanes) is 10. The maximum absolute atomic E-state index is 12.0. The number of hydrogen-bond donors (Lipinski definition) is 0. The van der Waals surface area contributed by atoms with E-state index in [0.29, 0.717) is 13.2 Å². The Labute approximate surface area is 155 Å². The van der Waals surface area contributed by atoms with E-state index in [2.05, 4.69) is 6.92 Å². The molecule has 0 aliphatic heterocycles. The lowest BCUT2D eigenvalue weighted by molar-refractivity contribution is -0.169. The molecule has 4 heteroatoms. The van der Waals surface area contributed by atoms with Crippen molar-refractivity contribution in [2.24, 2.45) is 5.41 Å². The molecule has 0 radical (unpaired) electrons. The minimum atomic E-state index is -1.22. The molecular weight excluding hydrogens is 316 g/mol. The van der Waals surface area contributed by atoms with Gasteiger partial charge in [0.25, 0.3) is 0 Å². The third-order valence-corrected chi connectivity index (χ3v) is 4.44. The fourth-order valence-electron chi connectivity index (χ4n) is 2.57. The predicted molar refractivity (Wildman–Crippen MR) is 102 cm³/mol. The van der Waals surface area contributed by atoms with Crippen molar-refractivity contribution in [3.63, 3.8) is 0 Å². The van der Waals surface area contributed by atoms with Gasteiger partial charge in [-0.3, -0.25) is 9.59 Å². The second-order valence-electron chi connectivity index (χ2n) is 7.43. The molecule has 148 valence electrons. The van der Waals surface area contributed by atoms with Gasteiger partial charge in [-0.25, -0.2) is 0 Å². The topological polar surface area (TPSA) is 52.6 Å². The first-order valence-electron chi connectivity index (χ1n) is 10.3. The third-order valence-electron chi connectivity index (χ3n) is 4.44. The molecule has 0 rings (SSSR count). The van der Waals surface area contributed by atoms with E-state index in [0.717, 1.165) is 19.3 Å². The molecule has 0 amide bonds. The van der Waals surface area contributed by atoms with Gasteiger partial charge in [-0.1, -0.05) is 78.1 Å². The van der Waals surface area contributed by atoms with Crippen molar-refractivity contribution < 1.29 is 19.1 Å². The summed E-state index contributed by atoms with van der Waals surface area (Å²) >= 11 is 0. The lowest BCUT2D eigenvalue weighted by Crippen LogP contribution is -2.36. The van der Waals surface area contributed by atoms with E-state index in [9.17, 15) is 9.59 Å². The fourth-order valence-corrected chi connectivity index (χ4v) is 2.57. The molecule has 0 aliphatic rings. The van der Waals surface area contributed by atoms with Crippen molar-refractivity contribution in [3.8, 4) is 0 Å². The van der Waals surface area contributed by atoms with Crippen molar-refractivity contribution in [1.82, 2.24) is 0 Å². The molecule has 0 N–H and O–H groups in total. The fraction of sp³-hybridized carbons (Fsp3) is 0.905. The Morgan fingerprint density at radius 3 is 1.44 bits per heavy atom. The van der Waals surface area contributed by atoms with Crippen LogP contribution in [-0.2, 0) is 19.1 Å². The molecule has 0 bridgehead atoms. The van der Waals surface area contributed by atoms with Gasteiger partial charge < -0.3 is 9.47 Å². The van der Waals surface area contributed by atoms with Crippen LogP contribution in [0, 0.1) is 5.41 Å². The second kappa shape index (κ2) is 15.2. The Morgan fingerprint density at radius 2 is 1.00 bits per heavy atom. The van der Waals surface area contributed by atoms with Crippen LogP contribution in [-0.4, -0.2) is 25.2 Å². The summed E-state index contributed by atoms with van der Waals surface area (Å²) in [5.74, 6) is -0.987. The highest BCUT2D eigenvalue weighted by molar-refractivity contribution is 5.99. The lowest BCUT2D eigenvalue weighted by atomic mass is 9.94. The average Bonchev–Trinajstić information content (AvgIpc) is 2.60. The van der Waals surface area contributed by atoms with Gasteiger partial charge in [0.1, 0.15) is 0 Å². The van der Waals surface area contributed by atoms with Crippen LogP contribution < -0.4 is 0 Å². The van der Waals surface area contributed by atoms with Crippen LogP contribution in [0.4, 0.5) is 0 Å². The molecule has 4 nitrogen and oxygen atoms in total. The summed E-state index contributed by atoms with van der Waals surface area (Å²) in [5.41, 5.74) is -1.22. The van der Waals surface area contributed by atoms with Crippen LogP contribution in [0.15, 0.2) is 0 Å². The second-order valence-corrected chi connectivity index (χ2v) is 7.43. The highest BCUT2D eigenvalue weighted by Crippen LogP contribution is 2.20. The first-order chi connectivity index (χ1) is 12.0. The molecule has 0 aromatic heterocycles. The molecule has 0 aromatic carbocycles. The van der Waals surface area contributed by atoms with Crippen LogP contribution in [0.25, 0.3) is 0 Å². The van der Waals surface area contributed by atoms with Crippen LogP contribution in [0.2, 0.25) is 0 Å². The van der Waals surface area contributed by atoms with Crippen LogP contribution in [0.3, 0.4) is 0 Å². The summed E-state index contributed by atoms with van der Waals surface area (Å²) in [6.07, 6.45) is 14.6. The summed E-state index contributed by atoms with van der Waals surface area (Å²) < 4.78 is 10.3. The molecule has 0 aromatic rings. The van der Waals surface area contributed by atoms with E-state index in [4.69, 9.17) is 9.47 Å². The van der Waals surface area contributed by atoms with Crippen LogP contribution >= 0.6 is 0 Å². The highest BCUT2D eigenvalue weighted by Gasteiger charge is 2.39. The van der Waals surface area contributed by atoms with Gasteiger partial charge in [0.05, 0.1) is 13.2 Å². The quantitative estimate of drug-likeness (QED) is 0.199. The van der Waals surface area contributed by atoms with Gasteiger partial charge in [0.2, 0.25) is 0 Å². The SMILES string of the molecule is CCCCCCCCCCCCCOC(=O)C(C)(C)C(=O)OCCC. The molecule has 25 heavy (non-hydrogen) atoms. The number of ether oxygens (including phenoxy) is 2. The molecule has 0 fully saturated rings. The molecule has 0 saturated carbocycles. The van der Waals surface area contributed by atoms with E-state index in [1.54, 1.807) is 13.8 Å². The molecule has 0 unspecified atom stereocenters. The number of rotatable bonds is 16. The summed E-state index contributed by atoms with van der Waals surface area (Å²) in [4.78, 5) is 23.9. The van der Waals surface area contributed by atoms with Gasteiger partial charge in [0.15, 0.2) is 5.41 Å². The maximum Gasteiger partial charge on any atom is 0.322 e. The van der Waals surface area contributed by atoms with Crippen molar-refractivity contribution in [3.05, 3.63) is 0 Å². The Kier molecular flexibility index (Phi) is 14.6. The van der Waals surface area contributed by atoms with Gasteiger partial charge in [-0.15, -0.1) is 0 Å². The van der Waals surface area contributed by atoms with Crippen LogP contribution in [0.1, 0.15) is 105 Å². The van der Waals surface area contributed by atoms with E-state index in [1.165, 1.54) is 57.8 Å². The number of carbonyl (C=O) groups excluding carboxylic acids is 2. The predicted octanol–water partition coefficient (Wildman–Crippen LogP) is 5.82. The first kappa shape index (κ1) is 23.9. The number of esters is 2. The van der Waals surface area contributed by atoms with Gasteiger partial charge >= 0.3 is 11.9 Å². The Morgan fingerprint density at radius 1 is 0.600 bits per heavy atom. The Hall–Kier alpha value is -1.06. The van der Waals surface area contributed by atoms with Gasteiger partial charge in [0, 0.05) is 0 Å². The molecular formula is C21H40O4. The van der Waals surface area contributed by atoms with E-state index >= 15 is 0 Å². The third kappa shape index (κ3) is 12.0. The van der Waals surface area contributed by atoms with E-state index in [1.807, 2.05) is 6.92 Å². The van der Waals surface area contributed by atoms with E-state index in [-0.39, 0.29) is 0 Å². The van der Waals surface area contributed by atoms with E-state index < -0.39 is 17.4 Å².